The summed E-state index contributed by atoms with van der Waals surface area (Å²) in [6.45, 7) is 4.96. The van der Waals surface area contributed by atoms with E-state index in [9.17, 15) is 9.59 Å². The number of urea groups is 1. The van der Waals surface area contributed by atoms with Crippen LogP contribution in [0.1, 0.15) is 13.3 Å². The summed E-state index contributed by atoms with van der Waals surface area (Å²) in [7, 11) is 0. The van der Waals surface area contributed by atoms with Crippen molar-refractivity contribution in [3.63, 3.8) is 0 Å². The number of nitrogens with one attached hydrogen (secondary N) is 2. The van der Waals surface area contributed by atoms with E-state index in [1.807, 2.05) is 6.92 Å². The van der Waals surface area contributed by atoms with Gasteiger partial charge in [-0.1, -0.05) is 6.08 Å². The smallest absolute Gasteiger partial charge is 0.323 e. The van der Waals surface area contributed by atoms with Gasteiger partial charge in [-0.25, -0.2) is 4.79 Å². The largest absolute Gasteiger partial charge is 0.480 e. The maximum absolute atomic E-state index is 10.9. The van der Waals surface area contributed by atoms with Crippen LogP contribution in [-0.4, -0.2) is 29.7 Å². The summed E-state index contributed by atoms with van der Waals surface area (Å²) in [5, 5.41) is 13.0. The first kappa shape index (κ1) is 11.5. The maximum Gasteiger partial charge on any atom is 0.323 e. The number of hydrogen-bond acceptors (Lipinski definition) is 2. The van der Waals surface area contributed by atoms with Crippen molar-refractivity contribution >= 4 is 12.0 Å². The molecule has 0 aliphatic heterocycles. The Morgan fingerprint density at radius 1 is 1.62 bits per heavy atom. The molecule has 13 heavy (non-hydrogen) atoms. The summed E-state index contributed by atoms with van der Waals surface area (Å²) >= 11 is 0. The van der Waals surface area contributed by atoms with Gasteiger partial charge < -0.3 is 15.7 Å². The number of amides is 2. The number of carboxylic acids is 1. The van der Waals surface area contributed by atoms with Gasteiger partial charge in [0.25, 0.3) is 0 Å². The van der Waals surface area contributed by atoms with Crippen LogP contribution in [0.5, 0.6) is 0 Å². The molecule has 5 heteroatoms. The van der Waals surface area contributed by atoms with Crippen molar-refractivity contribution in [1.29, 1.82) is 0 Å². The third-order valence-electron chi connectivity index (χ3n) is 1.30. The number of carbonyl (C=O) groups excluding carboxylic acids is 1. The molecule has 0 aromatic carbocycles. The molecule has 0 spiro atoms. The normalized spacial score (nSPS) is 11.5. The van der Waals surface area contributed by atoms with E-state index in [2.05, 4.69) is 17.2 Å². The van der Waals surface area contributed by atoms with Crippen molar-refractivity contribution in [3.05, 3.63) is 12.7 Å². The first-order valence-electron chi connectivity index (χ1n) is 3.93. The first-order chi connectivity index (χ1) is 6.06. The molecule has 0 aromatic rings. The van der Waals surface area contributed by atoms with Gasteiger partial charge in [-0.3, -0.25) is 4.79 Å². The van der Waals surface area contributed by atoms with Crippen LogP contribution in [0.2, 0.25) is 0 Å². The van der Waals surface area contributed by atoms with E-state index in [0.29, 0.717) is 6.42 Å². The van der Waals surface area contributed by atoms with Crippen molar-refractivity contribution in [2.24, 2.45) is 0 Å². The Balaban J connectivity index is 3.61. The Morgan fingerprint density at radius 3 is 2.69 bits per heavy atom. The average Bonchev–Trinajstić information content (AvgIpc) is 2.01. The highest BCUT2D eigenvalue weighted by atomic mass is 16.4. The lowest BCUT2D eigenvalue weighted by molar-refractivity contribution is -0.135. The van der Waals surface area contributed by atoms with Crippen LogP contribution in [0.25, 0.3) is 0 Å². The SMILES string of the molecule is C=CCC(C)NC(=O)NCC(=O)O. The number of rotatable bonds is 5. The van der Waals surface area contributed by atoms with Crippen LogP contribution in [-0.2, 0) is 4.79 Å². The molecule has 74 valence electrons. The average molecular weight is 186 g/mol. The summed E-state index contributed by atoms with van der Waals surface area (Å²) in [5.74, 6) is -1.06. The highest BCUT2D eigenvalue weighted by Crippen LogP contribution is 1.89. The molecule has 0 rings (SSSR count). The zero-order valence-corrected chi connectivity index (χ0v) is 7.54. The van der Waals surface area contributed by atoms with Gasteiger partial charge in [0.15, 0.2) is 0 Å². The molecule has 0 aliphatic rings. The van der Waals surface area contributed by atoms with Gasteiger partial charge in [0.05, 0.1) is 0 Å². The lowest BCUT2D eigenvalue weighted by Crippen LogP contribution is -2.42. The van der Waals surface area contributed by atoms with Crippen molar-refractivity contribution < 1.29 is 14.7 Å². The summed E-state index contributed by atoms with van der Waals surface area (Å²) in [6, 6.07) is -0.511. The molecule has 0 aromatic heterocycles. The highest BCUT2D eigenvalue weighted by molar-refractivity contribution is 5.79. The van der Waals surface area contributed by atoms with E-state index < -0.39 is 12.0 Å². The van der Waals surface area contributed by atoms with Crippen LogP contribution in [0.4, 0.5) is 4.79 Å². The summed E-state index contributed by atoms with van der Waals surface area (Å²) < 4.78 is 0. The Bertz CT molecular complexity index is 204. The minimum Gasteiger partial charge on any atom is -0.480 e. The zero-order chi connectivity index (χ0) is 10.3. The monoisotopic (exact) mass is 186 g/mol. The van der Waals surface area contributed by atoms with Gasteiger partial charge in [0.1, 0.15) is 6.54 Å². The second kappa shape index (κ2) is 6.05. The van der Waals surface area contributed by atoms with E-state index in [4.69, 9.17) is 5.11 Å². The number of aliphatic carboxylic acids is 1. The third kappa shape index (κ3) is 6.86. The molecule has 0 saturated carbocycles. The van der Waals surface area contributed by atoms with Gasteiger partial charge in [-0.05, 0) is 13.3 Å². The van der Waals surface area contributed by atoms with Gasteiger partial charge in [0, 0.05) is 6.04 Å². The van der Waals surface area contributed by atoms with Crippen molar-refractivity contribution in [3.8, 4) is 0 Å². The predicted octanol–water partition coefficient (Wildman–Crippen LogP) is 0.335. The summed E-state index contributed by atoms with van der Waals surface area (Å²) in [5.41, 5.74) is 0. The standard InChI is InChI=1S/C8H14N2O3/c1-3-4-6(2)10-8(13)9-5-7(11)12/h3,6H,1,4-5H2,2H3,(H,11,12)(H2,9,10,13). The lowest BCUT2D eigenvalue weighted by Gasteiger charge is -2.11. The van der Waals surface area contributed by atoms with E-state index in [1.54, 1.807) is 6.08 Å². The zero-order valence-electron chi connectivity index (χ0n) is 7.54. The quantitative estimate of drug-likeness (QED) is 0.541. The molecule has 3 N–H and O–H groups in total. The fourth-order valence-corrected chi connectivity index (χ4v) is 0.740. The molecule has 5 nitrogen and oxygen atoms in total. The van der Waals surface area contributed by atoms with E-state index in [1.165, 1.54) is 0 Å². The van der Waals surface area contributed by atoms with Gasteiger partial charge in [0.2, 0.25) is 0 Å². The minimum atomic E-state index is -1.06. The Kier molecular flexibility index (Phi) is 5.34. The van der Waals surface area contributed by atoms with E-state index in [0.717, 1.165) is 0 Å². The van der Waals surface area contributed by atoms with Crippen LogP contribution in [0, 0.1) is 0 Å². The van der Waals surface area contributed by atoms with Crippen LogP contribution >= 0.6 is 0 Å². The molecular weight excluding hydrogens is 172 g/mol. The first-order valence-corrected chi connectivity index (χ1v) is 3.93. The van der Waals surface area contributed by atoms with Gasteiger partial charge in [-0.2, -0.15) is 0 Å². The maximum atomic E-state index is 10.9. The van der Waals surface area contributed by atoms with Crippen LogP contribution in [0.3, 0.4) is 0 Å². The molecule has 2 amide bonds. The Labute approximate surface area is 76.8 Å². The van der Waals surface area contributed by atoms with Crippen LogP contribution < -0.4 is 10.6 Å². The molecule has 0 heterocycles. The molecule has 0 saturated heterocycles. The number of carbonyl (C=O) groups is 2. The van der Waals surface area contributed by atoms with Crippen molar-refractivity contribution in [2.75, 3.05) is 6.54 Å². The molecular formula is C8H14N2O3. The van der Waals surface area contributed by atoms with Crippen molar-refractivity contribution in [2.45, 2.75) is 19.4 Å². The molecule has 1 atom stereocenters. The molecule has 0 fully saturated rings. The highest BCUT2D eigenvalue weighted by Gasteiger charge is 2.05. The predicted molar refractivity (Wildman–Crippen MR) is 48.4 cm³/mol. The van der Waals surface area contributed by atoms with E-state index in [-0.39, 0.29) is 12.6 Å². The summed E-state index contributed by atoms with van der Waals surface area (Å²) in [4.78, 5) is 21.0. The second-order valence-corrected chi connectivity index (χ2v) is 2.65. The Morgan fingerprint density at radius 2 is 2.23 bits per heavy atom. The van der Waals surface area contributed by atoms with E-state index >= 15 is 0 Å². The fourth-order valence-electron chi connectivity index (χ4n) is 0.740. The fraction of sp³-hybridized carbons (Fsp3) is 0.500. The number of carboxylic acid groups (broad SMARTS) is 1. The summed E-state index contributed by atoms with van der Waals surface area (Å²) in [6.07, 6.45) is 2.34. The number of hydrogen-bond donors (Lipinski definition) is 3. The van der Waals surface area contributed by atoms with Crippen molar-refractivity contribution in [1.82, 2.24) is 10.6 Å². The van der Waals surface area contributed by atoms with Gasteiger partial charge >= 0.3 is 12.0 Å². The minimum absolute atomic E-state index is 0.0358. The molecule has 0 bridgehead atoms. The molecule has 0 aliphatic carbocycles. The lowest BCUT2D eigenvalue weighted by atomic mass is 10.2. The second-order valence-electron chi connectivity index (χ2n) is 2.65. The van der Waals surface area contributed by atoms with Gasteiger partial charge in [-0.15, -0.1) is 6.58 Å². The third-order valence-corrected chi connectivity index (χ3v) is 1.30. The van der Waals surface area contributed by atoms with Crippen LogP contribution in [0.15, 0.2) is 12.7 Å². The topological polar surface area (TPSA) is 78.4 Å². The molecule has 1 unspecified atom stereocenters. The molecule has 0 radical (unpaired) electrons. The Hall–Kier alpha value is -1.52.